The van der Waals surface area contributed by atoms with E-state index < -0.39 is 11.5 Å². The Bertz CT molecular complexity index is 1070. The van der Waals surface area contributed by atoms with Gasteiger partial charge in [0, 0.05) is 17.8 Å². The second-order valence-corrected chi connectivity index (χ2v) is 9.74. The van der Waals surface area contributed by atoms with Gasteiger partial charge in [-0.2, -0.15) is 5.10 Å². The first-order chi connectivity index (χ1) is 16.9. The van der Waals surface area contributed by atoms with Crippen LogP contribution in [0.25, 0.3) is 0 Å². The van der Waals surface area contributed by atoms with E-state index in [0.29, 0.717) is 5.69 Å². The quantitative estimate of drug-likeness (QED) is 0.623. The zero-order valence-electron chi connectivity index (χ0n) is 21.0. The summed E-state index contributed by atoms with van der Waals surface area (Å²) >= 11 is 0. The van der Waals surface area contributed by atoms with Gasteiger partial charge < -0.3 is 10.1 Å². The minimum absolute atomic E-state index is 0.0705. The van der Waals surface area contributed by atoms with E-state index in [4.69, 9.17) is 4.74 Å². The molecule has 1 fully saturated rings. The Labute approximate surface area is 207 Å². The van der Waals surface area contributed by atoms with Crippen molar-refractivity contribution in [2.45, 2.75) is 90.3 Å². The second kappa shape index (κ2) is 10.6. The number of nitrogens with one attached hydrogen (secondary N) is 1. The van der Waals surface area contributed by atoms with E-state index in [9.17, 15) is 14.4 Å². The maximum Gasteiger partial charge on any atom is 0.358 e. The molecular formula is C27H36N4O4. The van der Waals surface area contributed by atoms with Crippen LogP contribution in [0.2, 0.25) is 0 Å². The van der Waals surface area contributed by atoms with Crippen LogP contribution in [-0.2, 0) is 22.5 Å². The van der Waals surface area contributed by atoms with Crippen LogP contribution in [0.1, 0.15) is 92.3 Å². The number of esters is 1. The molecule has 1 saturated carbocycles. The molecule has 1 atom stereocenters. The van der Waals surface area contributed by atoms with Gasteiger partial charge in [0.2, 0.25) is 5.91 Å². The molecule has 1 N–H and O–H groups in total. The number of hydrogen-bond donors (Lipinski definition) is 1. The van der Waals surface area contributed by atoms with Gasteiger partial charge in [0.05, 0.1) is 13.2 Å². The van der Waals surface area contributed by atoms with Crippen LogP contribution in [-0.4, -0.2) is 45.8 Å². The Balaban J connectivity index is 1.70. The number of rotatable bonds is 6. The number of amides is 2. The molecule has 8 nitrogen and oxygen atoms in total. The van der Waals surface area contributed by atoms with Gasteiger partial charge in [0.1, 0.15) is 11.2 Å². The van der Waals surface area contributed by atoms with Crippen molar-refractivity contribution in [1.29, 1.82) is 0 Å². The Morgan fingerprint density at radius 2 is 1.74 bits per heavy atom. The first kappa shape index (κ1) is 24.9. The van der Waals surface area contributed by atoms with Gasteiger partial charge in [-0.05, 0) is 50.8 Å². The van der Waals surface area contributed by atoms with E-state index >= 15 is 0 Å². The van der Waals surface area contributed by atoms with Crippen molar-refractivity contribution < 1.29 is 19.1 Å². The molecule has 0 unspecified atom stereocenters. The third-order valence-corrected chi connectivity index (χ3v) is 7.17. The Morgan fingerprint density at radius 3 is 2.37 bits per heavy atom. The third kappa shape index (κ3) is 5.11. The molecule has 0 spiro atoms. The SMILES string of the molecule is CCOC(=O)c1cc2n(n1)C[C@@](C)(C(=O)NC1CCCCCCC1)N(c1ccc(CC)cc1)C2=O. The fourth-order valence-electron chi connectivity index (χ4n) is 5.11. The lowest BCUT2D eigenvalue weighted by atomic mass is 9.91. The van der Waals surface area contributed by atoms with Crippen LogP contribution in [0.4, 0.5) is 5.69 Å². The average molecular weight is 481 g/mol. The van der Waals surface area contributed by atoms with Gasteiger partial charge in [-0.3, -0.25) is 19.2 Å². The molecule has 2 heterocycles. The largest absolute Gasteiger partial charge is 0.461 e. The summed E-state index contributed by atoms with van der Waals surface area (Å²) in [5.41, 5.74) is 0.921. The normalized spacial score (nSPS) is 21.1. The highest BCUT2D eigenvalue weighted by Gasteiger charge is 2.49. The summed E-state index contributed by atoms with van der Waals surface area (Å²) in [6, 6.07) is 9.28. The van der Waals surface area contributed by atoms with Crippen LogP contribution in [0.3, 0.4) is 0 Å². The highest BCUT2D eigenvalue weighted by Crippen LogP contribution is 2.33. The molecule has 1 aromatic heterocycles. The van der Waals surface area contributed by atoms with Crippen LogP contribution in [0.15, 0.2) is 30.3 Å². The molecule has 1 aliphatic carbocycles. The number of hydrogen-bond acceptors (Lipinski definition) is 5. The standard InChI is InChI=1S/C27H36N4O4/c1-4-19-13-15-21(16-14-19)31-24(32)23-17-22(25(33)35-5-2)29-30(23)18-27(31,3)26(34)28-20-11-9-7-6-8-10-12-20/h13-17,20H,4-12,18H2,1-3H3,(H,28,34)/t27-/m0/s1. The average Bonchev–Trinajstić information content (AvgIpc) is 3.25. The molecule has 188 valence electrons. The van der Waals surface area contributed by atoms with E-state index in [1.54, 1.807) is 18.7 Å². The summed E-state index contributed by atoms with van der Waals surface area (Å²) in [7, 11) is 0. The van der Waals surface area contributed by atoms with Gasteiger partial charge in [0.15, 0.2) is 5.69 Å². The zero-order chi connectivity index (χ0) is 25.0. The summed E-state index contributed by atoms with van der Waals surface area (Å²) in [6.07, 6.45) is 8.57. The molecule has 2 aliphatic rings. The van der Waals surface area contributed by atoms with Gasteiger partial charge in [-0.15, -0.1) is 0 Å². The van der Waals surface area contributed by atoms with Crippen molar-refractivity contribution in [3.8, 4) is 0 Å². The minimum Gasteiger partial charge on any atom is -0.461 e. The first-order valence-corrected chi connectivity index (χ1v) is 12.9. The maximum absolute atomic E-state index is 13.9. The number of benzene rings is 1. The number of aromatic nitrogens is 2. The lowest BCUT2D eigenvalue weighted by Gasteiger charge is -2.43. The fourth-order valence-corrected chi connectivity index (χ4v) is 5.11. The van der Waals surface area contributed by atoms with Gasteiger partial charge in [-0.1, -0.05) is 51.2 Å². The number of fused-ring (bicyclic) bond motifs is 1. The highest BCUT2D eigenvalue weighted by atomic mass is 16.5. The Kier molecular flexibility index (Phi) is 7.57. The first-order valence-electron chi connectivity index (χ1n) is 12.9. The summed E-state index contributed by atoms with van der Waals surface area (Å²) in [6.45, 7) is 5.93. The van der Waals surface area contributed by atoms with E-state index in [0.717, 1.165) is 37.7 Å². The minimum atomic E-state index is -1.21. The molecular weight excluding hydrogens is 444 g/mol. The predicted octanol–water partition coefficient (Wildman–Crippen LogP) is 4.27. The zero-order valence-corrected chi connectivity index (χ0v) is 21.0. The summed E-state index contributed by atoms with van der Waals surface area (Å²) in [4.78, 5) is 41.5. The smallest absolute Gasteiger partial charge is 0.358 e. The second-order valence-electron chi connectivity index (χ2n) is 9.74. The summed E-state index contributed by atoms with van der Waals surface area (Å²) < 4.78 is 6.56. The molecule has 2 amide bonds. The number of anilines is 1. The van der Waals surface area contributed by atoms with Crippen molar-refractivity contribution in [2.24, 2.45) is 0 Å². The number of ether oxygens (including phenoxy) is 1. The molecule has 0 radical (unpaired) electrons. The molecule has 1 aliphatic heterocycles. The maximum atomic E-state index is 13.9. The third-order valence-electron chi connectivity index (χ3n) is 7.17. The monoisotopic (exact) mass is 480 g/mol. The fraction of sp³-hybridized carbons (Fsp3) is 0.556. The van der Waals surface area contributed by atoms with Crippen molar-refractivity contribution in [3.05, 3.63) is 47.3 Å². The van der Waals surface area contributed by atoms with Crippen molar-refractivity contribution in [1.82, 2.24) is 15.1 Å². The van der Waals surface area contributed by atoms with Crippen LogP contribution in [0, 0.1) is 0 Å². The van der Waals surface area contributed by atoms with Crippen LogP contribution in [0.5, 0.6) is 0 Å². The lowest BCUT2D eigenvalue weighted by molar-refractivity contribution is -0.127. The van der Waals surface area contributed by atoms with Crippen molar-refractivity contribution in [3.63, 3.8) is 0 Å². The predicted molar refractivity (Wildman–Crippen MR) is 133 cm³/mol. The Morgan fingerprint density at radius 1 is 1.09 bits per heavy atom. The molecule has 1 aromatic carbocycles. The number of carbonyl (C=O) groups is 3. The molecule has 8 heteroatoms. The molecule has 4 rings (SSSR count). The van der Waals surface area contributed by atoms with E-state index in [-0.39, 0.29) is 42.4 Å². The number of nitrogens with zero attached hydrogens (tertiary/aromatic N) is 3. The molecule has 2 aromatic rings. The van der Waals surface area contributed by atoms with E-state index in [1.807, 2.05) is 24.3 Å². The van der Waals surface area contributed by atoms with E-state index in [2.05, 4.69) is 17.3 Å². The molecule has 35 heavy (non-hydrogen) atoms. The lowest BCUT2D eigenvalue weighted by Crippen LogP contribution is -2.65. The molecule has 0 saturated heterocycles. The van der Waals surface area contributed by atoms with E-state index in [1.165, 1.54) is 30.0 Å². The number of aryl methyl sites for hydroxylation is 1. The topological polar surface area (TPSA) is 93.5 Å². The van der Waals surface area contributed by atoms with Crippen LogP contribution >= 0.6 is 0 Å². The van der Waals surface area contributed by atoms with Gasteiger partial charge in [-0.25, -0.2) is 4.79 Å². The van der Waals surface area contributed by atoms with Crippen molar-refractivity contribution in [2.75, 3.05) is 11.5 Å². The Hall–Kier alpha value is -3.16. The highest BCUT2D eigenvalue weighted by molar-refractivity contribution is 6.12. The summed E-state index contributed by atoms with van der Waals surface area (Å²) in [5.74, 6) is -1.14. The van der Waals surface area contributed by atoms with Crippen molar-refractivity contribution >= 4 is 23.5 Å². The van der Waals surface area contributed by atoms with Gasteiger partial charge >= 0.3 is 5.97 Å². The molecule has 0 bridgehead atoms. The number of carbonyl (C=O) groups excluding carboxylic acids is 3. The summed E-state index contributed by atoms with van der Waals surface area (Å²) in [5, 5.41) is 7.60. The van der Waals surface area contributed by atoms with Gasteiger partial charge in [0.25, 0.3) is 5.91 Å². The van der Waals surface area contributed by atoms with Crippen LogP contribution < -0.4 is 10.2 Å².